The summed E-state index contributed by atoms with van der Waals surface area (Å²) in [7, 11) is -3.13. The van der Waals surface area contributed by atoms with Crippen molar-refractivity contribution in [2.45, 2.75) is 32.7 Å². The van der Waals surface area contributed by atoms with E-state index in [0.717, 1.165) is 0 Å². The summed E-state index contributed by atoms with van der Waals surface area (Å²) in [6, 6.07) is 0. The molecule has 100 valence electrons. The van der Waals surface area contributed by atoms with Gasteiger partial charge in [-0.3, -0.25) is 4.79 Å². The van der Waals surface area contributed by atoms with Crippen molar-refractivity contribution in [1.29, 1.82) is 0 Å². The Morgan fingerprint density at radius 3 is 2.53 bits per heavy atom. The number of nitrogens with one attached hydrogen (secondary N) is 1. The smallest absolute Gasteiger partial charge is 0.327 e. The SMILES string of the molecule is CCOC(=O)C1(NCC(C)C)CCS(=O)(=O)C1. The summed E-state index contributed by atoms with van der Waals surface area (Å²) >= 11 is 0. The first-order chi connectivity index (χ1) is 7.81. The molecule has 0 spiro atoms. The lowest BCUT2D eigenvalue weighted by Crippen LogP contribution is -2.55. The van der Waals surface area contributed by atoms with Crippen LogP contribution in [-0.2, 0) is 19.4 Å². The molecule has 1 fully saturated rings. The van der Waals surface area contributed by atoms with Crippen molar-refractivity contribution in [2.24, 2.45) is 5.92 Å². The molecule has 1 aliphatic rings. The van der Waals surface area contributed by atoms with E-state index in [9.17, 15) is 13.2 Å². The van der Waals surface area contributed by atoms with Crippen LogP contribution in [0.15, 0.2) is 0 Å². The lowest BCUT2D eigenvalue weighted by Gasteiger charge is -2.27. The fraction of sp³-hybridized carbons (Fsp3) is 0.909. The van der Waals surface area contributed by atoms with Gasteiger partial charge in [0.2, 0.25) is 0 Å². The third-order valence-corrected chi connectivity index (χ3v) is 4.58. The maximum atomic E-state index is 11.9. The molecule has 0 aromatic heterocycles. The minimum absolute atomic E-state index is 0.0525. The number of hydrogen-bond acceptors (Lipinski definition) is 5. The van der Waals surface area contributed by atoms with E-state index in [1.165, 1.54) is 0 Å². The molecule has 0 aromatic rings. The summed E-state index contributed by atoms with van der Waals surface area (Å²) in [5, 5.41) is 3.08. The van der Waals surface area contributed by atoms with Crippen molar-refractivity contribution in [2.75, 3.05) is 24.7 Å². The quantitative estimate of drug-likeness (QED) is 0.725. The molecule has 17 heavy (non-hydrogen) atoms. The highest BCUT2D eigenvalue weighted by Crippen LogP contribution is 2.25. The Hall–Kier alpha value is -0.620. The first-order valence-electron chi connectivity index (χ1n) is 5.94. The van der Waals surface area contributed by atoms with Crippen molar-refractivity contribution in [1.82, 2.24) is 5.32 Å². The Labute approximate surface area is 103 Å². The highest BCUT2D eigenvalue weighted by Gasteiger charge is 2.49. The van der Waals surface area contributed by atoms with Gasteiger partial charge in [-0.1, -0.05) is 13.8 Å². The molecule has 1 rings (SSSR count). The van der Waals surface area contributed by atoms with Crippen molar-refractivity contribution < 1.29 is 17.9 Å². The number of hydrogen-bond donors (Lipinski definition) is 1. The number of rotatable bonds is 5. The maximum Gasteiger partial charge on any atom is 0.327 e. The van der Waals surface area contributed by atoms with Gasteiger partial charge >= 0.3 is 5.97 Å². The van der Waals surface area contributed by atoms with Crippen LogP contribution < -0.4 is 5.32 Å². The molecule has 0 saturated carbocycles. The average Bonchev–Trinajstić information content (AvgIpc) is 2.53. The number of carbonyl (C=O) groups is 1. The van der Waals surface area contributed by atoms with E-state index in [-0.39, 0.29) is 18.1 Å². The van der Waals surface area contributed by atoms with Gasteiger partial charge < -0.3 is 10.1 Å². The highest BCUT2D eigenvalue weighted by atomic mass is 32.2. The van der Waals surface area contributed by atoms with E-state index in [0.29, 0.717) is 18.9 Å². The van der Waals surface area contributed by atoms with Crippen LogP contribution in [0, 0.1) is 5.92 Å². The summed E-state index contributed by atoms with van der Waals surface area (Å²) < 4.78 is 28.1. The van der Waals surface area contributed by atoms with E-state index in [1.54, 1.807) is 6.92 Å². The summed E-state index contributed by atoms with van der Waals surface area (Å²) in [6.45, 7) is 6.61. The van der Waals surface area contributed by atoms with Crippen molar-refractivity contribution in [3.63, 3.8) is 0 Å². The Kier molecular flexibility index (Phi) is 4.55. The van der Waals surface area contributed by atoms with Crippen LogP contribution in [0.2, 0.25) is 0 Å². The summed E-state index contributed by atoms with van der Waals surface area (Å²) in [4.78, 5) is 11.9. The van der Waals surface area contributed by atoms with Gasteiger partial charge in [-0.15, -0.1) is 0 Å². The topological polar surface area (TPSA) is 72.5 Å². The van der Waals surface area contributed by atoms with Crippen molar-refractivity contribution in [3.05, 3.63) is 0 Å². The molecule has 1 N–H and O–H groups in total. The first-order valence-corrected chi connectivity index (χ1v) is 7.76. The predicted octanol–water partition coefficient (Wildman–Crippen LogP) is 0.352. The minimum atomic E-state index is -3.13. The molecule has 6 heteroatoms. The first kappa shape index (κ1) is 14.4. The third-order valence-electron chi connectivity index (χ3n) is 2.82. The van der Waals surface area contributed by atoms with Crippen LogP contribution in [0.3, 0.4) is 0 Å². The van der Waals surface area contributed by atoms with Crippen LogP contribution >= 0.6 is 0 Å². The molecular formula is C11H21NO4S. The minimum Gasteiger partial charge on any atom is -0.465 e. The lowest BCUT2D eigenvalue weighted by atomic mass is 9.98. The zero-order chi connectivity index (χ0) is 13.1. The Morgan fingerprint density at radius 1 is 1.47 bits per heavy atom. The van der Waals surface area contributed by atoms with Gasteiger partial charge in [-0.25, -0.2) is 8.42 Å². The van der Waals surface area contributed by atoms with Gasteiger partial charge in [0.15, 0.2) is 9.84 Å². The largest absolute Gasteiger partial charge is 0.465 e. The van der Waals surface area contributed by atoms with Gasteiger partial charge in [-0.05, 0) is 25.8 Å². The van der Waals surface area contributed by atoms with Crippen LogP contribution in [0.1, 0.15) is 27.2 Å². The van der Waals surface area contributed by atoms with Crippen LogP contribution in [0.5, 0.6) is 0 Å². The Bertz CT molecular complexity index is 377. The highest BCUT2D eigenvalue weighted by molar-refractivity contribution is 7.91. The van der Waals surface area contributed by atoms with Gasteiger partial charge in [0.05, 0.1) is 18.1 Å². The summed E-state index contributed by atoms with van der Waals surface area (Å²) in [6.07, 6.45) is 0.306. The summed E-state index contributed by atoms with van der Waals surface area (Å²) in [5.74, 6) is -0.186. The van der Waals surface area contributed by atoms with Crippen molar-refractivity contribution in [3.8, 4) is 0 Å². The average molecular weight is 263 g/mol. The number of carbonyl (C=O) groups excluding carboxylic acids is 1. The molecule has 0 amide bonds. The molecule has 1 aliphatic heterocycles. The number of sulfone groups is 1. The molecule has 1 heterocycles. The van der Waals surface area contributed by atoms with E-state index >= 15 is 0 Å². The molecular weight excluding hydrogens is 242 g/mol. The zero-order valence-electron chi connectivity index (χ0n) is 10.7. The van der Waals surface area contributed by atoms with Gasteiger partial charge in [0.1, 0.15) is 5.54 Å². The van der Waals surface area contributed by atoms with E-state index in [2.05, 4.69) is 5.32 Å². The fourth-order valence-corrected chi connectivity index (χ4v) is 3.81. The van der Waals surface area contributed by atoms with E-state index in [4.69, 9.17) is 4.74 Å². The monoisotopic (exact) mass is 263 g/mol. The molecule has 1 atom stereocenters. The van der Waals surface area contributed by atoms with Crippen LogP contribution in [0.4, 0.5) is 0 Å². The van der Waals surface area contributed by atoms with Gasteiger partial charge in [-0.2, -0.15) is 0 Å². The number of ether oxygens (including phenoxy) is 1. The molecule has 0 aromatic carbocycles. The van der Waals surface area contributed by atoms with Crippen LogP contribution in [0.25, 0.3) is 0 Å². The third kappa shape index (κ3) is 3.67. The van der Waals surface area contributed by atoms with Crippen molar-refractivity contribution >= 4 is 15.8 Å². The molecule has 1 unspecified atom stereocenters. The fourth-order valence-electron chi connectivity index (χ4n) is 1.89. The second-order valence-corrected chi connectivity index (χ2v) is 7.10. The second-order valence-electron chi connectivity index (χ2n) is 4.92. The second kappa shape index (κ2) is 5.35. The van der Waals surface area contributed by atoms with Crippen LogP contribution in [-0.4, -0.2) is 44.6 Å². The molecule has 5 nitrogen and oxygen atoms in total. The van der Waals surface area contributed by atoms with Gasteiger partial charge in [0.25, 0.3) is 0 Å². The van der Waals surface area contributed by atoms with E-state index < -0.39 is 21.3 Å². The zero-order valence-corrected chi connectivity index (χ0v) is 11.5. The molecule has 1 saturated heterocycles. The van der Waals surface area contributed by atoms with Gasteiger partial charge in [0, 0.05) is 0 Å². The summed E-state index contributed by atoms with van der Waals surface area (Å²) in [5.41, 5.74) is -1.03. The lowest BCUT2D eigenvalue weighted by molar-refractivity contribution is -0.150. The normalized spacial score (nSPS) is 27.3. The molecule has 0 aliphatic carbocycles. The molecule has 0 radical (unpaired) electrons. The molecule has 0 bridgehead atoms. The van der Waals surface area contributed by atoms with E-state index in [1.807, 2.05) is 13.8 Å². The Balaban J connectivity index is 2.83. The predicted molar refractivity (Wildman–Crippen MR) is 65.5 cm³/mol. The maximum absolute atomic E-state index is 11.9. The Morgan fingerprint density at radius 2 is 2.12 bits per heavy atom. The number of esters is 1. The standard InChI is InChI=1S/C11H21NO4S/c1-4-16-10(13)11(12-7-9(2)3)5-6-17(14,15)8-11/h9,12H,4-8H2,1-3H3.